The van der Waals surface area contributed by atoms with E-state index in [0.29, 0.717) is 11.4 Å². The molecule has 1 aromatic carbocycles. The number of aryl methyl sites for hydroxylation is 1. The number of rotatable bonds is 18. The van der Waals surface area contributed by atoms with Gasteiger partial charge in [-0.2, -0.15) is 4.57 Å². The zero-order chi connectivity index (χ0) is 24.1. The molecule has 0 amide bonds. The Balaban J connectivity index is 1.61. The maximum absolute atomic E-state index is 13.0. The minimum absolute atomic E-state index is 0.400. The number of unbranched alkanes of at least 4 members (excludes halogenated alkanes) is 13. The molecule has 0 bridgehead atoms. The van der Waals surface area contributed by atoms with Crippen LogP contribution in [-0.4, -0.2) is 32.6 Å². The third-order valence-electron chi connectivity index (χ3n) is 6.47. The number of hydrogen-bond donors (Lipinski definition) is 0. The van der Waals surface area contributed by atoms with Crippen molar-refractivity contribution >= 4 is 43.3 Å². The quantitative estimate of drug-likeness (QED) is 0.117. The minimum Gasteiger partial charge on any atom is -0.207 e. The number of aromatic nitrogens is 1. The fraction of sp³-hybridized carbons (Fsp3) is 0.731. The van der Waals surface area contributed by atoms with E-state index in [4.69, 9.17) is 0 Å². The number of thioether (sulfide) groups is 1. The van der Waals surface area contributed by atoms with E-state index in [1.165, 1.54) is 85.7 Å². The number of benzene rings is 1. The highest BCUT2D eigenvalue weighted by Crippen LogP contribution is 2.29. The average Bonchev–Trinajstić information content (AvgIpc) is 3.14. The van der Waals surface area contributed by atoms with Crippen LogP contribution in [0.1, 0.15) is 96.8 Å². The van der Waals surface area contributed by atoms with Gasteiger partial charge in [0.25, 0.3) is 4.34 Å². The smallest absolute Gasteiger partial charge is 0.207 e. The molecular weight excluding hydrogens is 468 g/mol. The van der Waals surface area contributed by atoms with Gasteiger partial charge in [-0.05, 0) is 36.6 Å². The Labute approximate surface area is 211 Å². The monoisotopic (exact) mass is 513 g/mol. The first-order chi connectivity index (χ1) is 15.9. The highest BCUT2D eigenvalue weighted by Gasteiger charge is 2.23. The third kappa shape index (κ3) is 9.15. The predicted molar refractivity (Wildman–Crippen MR) is 145 cm³/mol. The van der Waals surface area contributed by atoms with Crippen LogP contribution in [0.15, 0.2) is 27.4 Å². The number of sulfonamides is 1. The van der Waals surface area contributed by atoms with Crippen molar-refractivity contribution in [1.29, 1.82) is 0 Å². The van der Waals surface area contributed by atoms with E-state index < -0.39 is 10.0 Å². The highest BCUT2D eigenvalue weighted by atomic mass is 32.2. The number of thiazole rings is 1. The van der Waals surface area contributed by atoms with Gasteiger partial charge in [-0.3, -0.25) is 0 Å². The molecular formula is C26H45N2O2S3+. The van der Waals surface area contributed by atoms with Crippen molar-refractivity contribution in [2.24, 2.45) is 7.05 Å². The Kier molecular flexibility index (Phi) is 13.3. The van der Waals surface area contributed by atoms with Gasteiger partial charge in [0.1, 0.15) is 11.7 Å². The number of nitrogens with zero attached hydrogens (tertiary/aromatic N) is 2. The molecule has 0 saturated carbocycles. The van der Waals surface area contributed by atoms with Gasteiger partial charge in [0.15, 0.2) is 0 Å². The van der Waals surface area contributed by atoms with Crippen LogP contribution in [-0.2, 0) is 17.1 Å². The van der Waals surface area contributed by atoms with Gasteiger partial charge in [0, 0.05) is 19.7 Å². The first-order valence-corrected chi connectivity index (χ1v) is 16.3. The lowest BCUT2D eigenvalue weighted by Gasteiger charge is -2.17. The Morgan fingerprint density at radius 3 is 1.91 bits per heavy atom. The first kappa shape index (κ1) is 28.6. The van der Waals surface area contributed by atoms with Gasteiger partial charge in [0.2, 0.25) is 15.5 Å². The average molecular weight is 514 g/mol. The molecule has 0 aliphatic carbocycles. The van der Waals surface area contributed by atoms with Crippen LogP contribution in [0.25, 0.3) is 10.2 Å². The second-order valence-electron chi connectivity index (χ2n) is 9.18. The third-order valence-corrected chi connectivity index (χ3v) is 10.7. The van der Waals surface area contributed by atoms with E-state index >= 15 is 0 Å². The summed E-state index contributed by atoms with van der Waals surface area (Å²) in [6.07, 6.45) is 20.4. The van der Waals surface area contributed by atoms with Crippen molar-refractivity contribution in [1.82, 2.24) is 4.31 Å². The fourth-order valence-electron chi connectivity index (χ4n) is 4.28. The standard InChI is InChI=1S/C26H45N2O2S3/c1-5-6-7-8-9-10-11-12-13-14-15-16-17-18-21-27(2)33(29,30)23-19-20-24-25(22-23)32-26(31-4)28(24)3/h19-20,22H,5-18,21H2,1-4H3/q+1. The summed E-state index contributed by atoms with van der Waals surface area (Å²) >= 11 is 3.34. The van der Waals surface area contributed by atoms with Gasteiger partial charge in [-0.1, -0.05) is 102 Å². The maximum atomic E-state index is 13.0. The molecule has 0 radical (unpaired) electrons. The van der Waals surface area contributed by atoms with Crippen LogP contribution in [0.2, 0.25) is 0 Å². The summed E-state index contributed by atoms with van der Waals surface area (Å²) in [6.45, 7) is 2.86. The Bertz CT molecular complexity index is 925. The molecule has 0 atom stereocenters. The lowest BCUT2D eigenvalue weighted by molar-refractivity contribution is -0.676. The van der Waals surface area contributed by atoms with E-state index in [0.717, 1.165) is 23.1 Å². The van der Waals surface area contributed by atoms with Crippen LogP contribution >= 0.6 is 23.1 Å². The molecule has 0 fully saturated rings. The molecule has 0 N–H and O–H groups in total. The first-order valence-electron chi connectivity index (χ1n) is 12.8. The molecule has 4 nitrogen and oxygen atoms in total. The van der Waals surface area contributed by atoms with Crippen LogP contribution < -0.4 is 4.57 Å². The largest absolute Gasteiger partial charge is 0.297 e. The summed E-state index contributed by atoms with van der Waals surface area (Å²) in [7, 11) is 0.305. The van der Waals surface area contributed by atoms with Gasteiger partial charge in [0.05, 0.1) is 4.90 Å². The van der Waals surface area contributed by atoms with Crippen molar-refractivity contribution in [3.05, 3.63) is 18.2 Å². The summed E-state index contributed by atoms with van der Waals surface area (Å²) in [5.41, 5.74) is 1.08. The van der Waals surface area contributed by atoms with Crippen LogP contribution in [0.3, 0.4) is 0 Å². The summed E-state index contributed by atoms with van der Waals surface area (Å²) < 4.78 is 31.9. The molecule has 33 heavy (non-hydrogen) atoms. The van der Waals surface area contributed by atoms with Crippen molar-refractivity contribution < 1.29 is 13.0 Å². The second kappa shape index (κ2) is 15.4. The molecule has 2 rings (SSSR count). The molecule has 0 unspecified atom stereocenters. The Hall–Kier alpha value is -0.630. The molecule has 0 aliphatic rings. The molecule has 1 aromatic heterocycles. The Morgan fingerprint density at radius 2 is 1.39 bits per heavy atom. The second-order valence-corrected chi connectivity index (χ2v) is 13.3. The van der Waals surface area contributed by atoms with Gasteiger partial charge >= 0.3 is 0 Å². The Morgan fingerprint density at radius 1 is 0.879 bits per heavy atom. The molecule has 0 saturated heterocycles. The van der Waals surface area contributed by atoms with Crippen LogP contribution in [0, 0.1) is 0 Å². The molecule has 2 aromatic rings. The highest BCUT2D eigenvalue weighted by molar-refractivity contribution is 8.00. The van der Waals surface area contributed by atoms with E-state index in [9.17, 15) is 8.42 Å². The lowest BCUT2D eigenvalue weighted by atomic mass is 10.0. The molecule has 0 spiro atoms. The van der Waals surface area contributed by atoms with Gasteiger partial charge in [-0.25, -0.2) is 12.7 Å². The van der Waals surface area contributed by atoms with Crippen molar-refractivity contribution in [3.63, 3.8) is 0 Å². The minimum atomic E-state index is -3.43. The normalized spacial score (nSPS) is 12.3. The van der Waals surface area contributed by atoms with Crippen molar-refractivity contribution in [2.75, 3.05) is 19.8 Å². The zero-order valence-corrected chi connectivity index (χ0v) is 23.7. The van der Waals surface area contributed by atoms with Crippen molar-refractivity contribution in [3.8, 4) is 0 Å². The topological polar surface area (TPSA) is 41.3 Å². The van der Waals surface area contributed by atoms with Gasteiger partial charge < -0.3 is 0 Å². The van der Waals surface area contributed by atoms with Crippen LogP contribution in [0.4, 0.5) is 0 Å². The van der Waals surface area contributed by atoms with E-state index in [1.54, 1.807) is 36.2 Å². The SMILES string of the molecule is CCCCCCCCCCCCCCCCN(C)S(=O)(=O)c1ccc2c(c1)sc(SC)[n+]2C. The van der Waals surface area contributed by atoms with Crippen LogP contribution in [0.5, 0.6) is 0 Å². The predicted octanol–water partition coefficient (Wildman–Crippen LogP) is 7.55. The van der Waals surface area contributed by atoms with E-state index in [1.807, 2.05) is 25.4 Å². The van der Waals surface area contributed by atoms with Crippen molar-refractivity contribution in [2.45, 2.75) is 106 Å². The van der Waals surface area contributed by atoms with E-state index in [2.05, 4.69) is 11.5 Å². The summed E-state index contributed by atoms with van der Waals surface area (Å²) in [6, 6.07) is 5.51. The number of fused-ring (bicyclic) bond motifs is 1. The maximum Gasteiger partial charge on any atom is 0.297 e. The summed E-state index contributed by atoms with van der Waals surface area (Å²) in [4.78, 5) is 0.400. The van der Waals surface area contributed by atoms with E-state index in [-0.39, 0.29) is 0 Å². The molecule has 0 aliphatic heterocycles. The molecule has 188 valence electrons. The summed E-state index contributed by atoms with van der Waals surface area (Å²) in [5, 5.41) is 0. The lowest BCUT2D eigenvalue weighted by Crippen LogP contribution is -2.29. The molecule has 7 heteroatoms. The summed E-state index contributed by atoms with van der Waals surface area (Å²) in [5.74, 6) is 0. The van der Waals surface area contributed by atoms with Gasteiger partial charge in [-0.15, -0.1) is 0 Å². The fourth-order valence-corrected chi connectivity index (χ4v) is 7.49. The molecule has 1 heterocycles. The zero-order valence-electron chi connectivity index (χ0n) is 21.3. The number of hydrogen-bond acceptors (Lipinski definition) is 4.